The summed E-state index contributed by atoms with van der Waals surface area (Å²) in [6.07, 6.45) is 11.2. The van der Waals surface area contributed by atoms with Gasteiger partial charge >= 0.3 is 0 Å². The van der Waals surface area contributed by atoms with Gasteiger partial charge in [0.2, 0.25) is 0 Å². The Hall–Kier alpha value is -0.670. The Morgan fingerprint density at radius 1 is 1.15 bits per heavy atom. The summed E-state index contributed by atoms with van der Waals surface area (Å²) in [5.74, 6) is 2.88. The molecule has 0 aromatic heterocycles. The Morgan fingerprint density at radius 2 is 1.93 bits per heavy atom. The number of rotatable bonds is 4. The molecule has 0 saturated heterocycles. The second-order valence-electron chi connectivity index (χ2n) is 10.7. The van der Waals surface area contributed by atoms with Crippen molar-refractivity contribution >= 4 is 5.78 Å². The first-order chi connectivity index (χ1) is 12.8. The fourth-order valence-electron chi connectivity index (χ4n) is 7.97. The SMILES string of the molecule is C[C@H](CCCO)[C@@H]1CC[C@@H]2[C@H]3C(=O)C=C4C[C@@H](O)CC[C@]4(C)[C@@H]3CC[C@]21C. The lowest BCUT2D eigenvalue weighted by Crippen LogP contribution is -2.53. The molecule has 4 aliphatic rings. The maximum absolute atomic E-state index is 13.3. The van der Waals surface area contributed by atoms with E-state index in [9.17, 15) is 15.0 Å². The van der Waals surface area contributed by atoms with Gasteiger partial charge in [0.15, 0.2) is 5.78 Å². The highest BCUT2D eigenvalue weighted by Gasteiger charge is 2.61. The summed E-state index contributed by atoms with van der Waals surface area (Å²) in [6, 6.07) is 0. The minimum absolute atomic E-state index is 0.125. The molecule has 3 heteroatoms. The number of fused-ring (bicyclic) bond motifs is 5. The zero-order chi connectivity index (χ0) is 19.4. The van der Waals surface area contributed by atoms with Gasteiger partial charge in [-0.1, -0.05) is 26.3 Å². The second-order valence-corrected chi connectivity index (χ2v) is 10.7. The van der Waals surface area contributed by atoms with Crippen LogP contribution in [0.1, 0.15) is 78.6 Å². The van der Waals surface area contributed by atoms with E-state index in [0.717, 1.165) is 32.1 Å². The quantitative estimate of drug-likeness (QED) is 0.761. The molecule has 3 nitrogen and oxygen atoms in total. The Balaban J connectivity index is 1.62. The highest BCUT2D eigenvalue weighted by Crippen LogP contribution is 2.66. The van der Waals surface area contributed by atoms with E-state index in [4.69, 9.17) is 0 Å². The first kappa shape index (κ1) is 19.6. The standard InChI is InChI=1S/C24H38O3/c1-15(5-4-12-25)18-6-7-19-22-20(9-11-24(18,19)3)23(2)10-8-17(26)13-16(23)14-21(22)27/h14-15,17-20,22,25-26H,4-13H2,1-3H3/t15-,17+,18+,19-,20-,22-,23+,24+/m1/s1. The first-order valence-corrected chi connectivity index (χ1v) is 11.3. The van der Waals surface area contributed by atoms with Crippen molar-refractivity contribution in [2.75, 3.05) is 6.61 Å². The van der Waals surface area contributed by atoms with Crippen molar-refractivity contribution in [2.24, 2.45) is 40.4 Å². The molecular weight excluding hydrogens is 336 g/mol. The molecule has 3 fully saturated rings. The third-order valence-electron chi connectivity index (χ3n) is 9.50. The van der Waals surface area contributed by atoms with Crippen LogP contribution in [-0.2, 0) is 4.79 Å². The number of aliphatic hydroxyl groups excluding tert-OH is 2. The summed E-state index contributed by atoms with van der Waals surface area (Å²) in [6.45, 7) is 7.51. The molecule has 0 aromatic carbocycles. The van der Waals surface area contributed by atoms with Crippen LogP contribution in [-0.4, -0.2) is 28.7 Å². The van der Waals surface area contributed by atoms with E-state index in [-0.39, 0.29) is 29.5 Å². The van der Waals surface area contributed by atoms with Crippen LogP contribution in [0.2, 0.25) is 0 Å². The van der Waals surface area contributed by atoms with Crippen LogP contribution in [0.3, 0.4) is 0 Å². The van der Waals surface area contributed by atoms with Crippen molar-refractivity contribution in [1.82, 2.24) is 0 Å². The van der Waals surface area contributed by atoms with Gasteiger partial charge in [-0.3, -0.25) is 4.79 Å². The van der Waals surface area contributed by atoms with Crippen molar-refractivity contribution < 1.29 is 15.0 Å². The molecule has 0 radical (unpaired) electrons. The summed E-state index contributed by atoms with van der Waals surface area (Å²) in [4.78, 5) is 13.3. The molecule has 2 N–H and O–H groups in total. The number of ketones is 1. The van der Waals surface area contributed by atoms with Crippen LogP contribution in [0, 0.1) is 40.4 Å². The average Bonchev–Trinajstić information content (AvgIpc) is 2.98. The van der Waals surface area contributed by atoms with Crippen molar-refractivity contribution in [3.05, 3.63) is 11.6 Å². The van der Waals surface area contributed by atoms with E-state index in [2.05, 4.69) is 20.8 Å². The lowest BCUT2D eigenvalue weighted by molar-refractivity contribution is -0.135. The molecule has 0 bridgehead atoms. The topological polar surface area (TPSA) is 57.5 Å². The third-order valence-corrected chi connectivity index (χ3v) is 9.50. The number of aliphatic hydroxyl groups is 2. The minimum atomic E-state index is -0.259. The summed E-state index contributed by atoms with van der Waals surface area (Å²) in [5, 5.41) is 19.4. The van der Waals surface area contributed by atoms with Crippen LogP contribution in [0.5, 0.6) is 0 Å². The van der Waals surface area contributed by atoms with Gasteiger partial charge in [0.05, 0.1) is 6.10 Å². The van der Waals surface area contributed by atoms with Crippen LogP contribution in [0.15, 0.2) is 11.6 Å². The maximum Gasteiger partial charge on any atom is 0.159 e. The molecular formula is C24H38O3. The molecule has 0 spiro atoms. The second kappa shape index (κ2) is 6.99. The molecule has 0 aliphatic heterocycles. The highest BCUT2D eigenvalue weighted by atomic mass is 16.3. The monoisotopic (exact) mass is 374 g/mol. The summed E-state index contributed by atoms with van der Waals surface area (Å²) in [7, 11) is 0. The highest BCUT2D eigenvalue weighted by molar-refractivity contribution is 5.94. The summed E-state index contributed by atoms with van der Waals surface area (Å²) >= 11 is 0. The minimum Gasteiger partial charge on any atom is -0.396 e. The largest absolute Gasteiger partial charge is 0.396 e. The van der Waals surface area contributed by atoms with E-state index in [0.29, 0.717) is 35.9 Å². The molecule has 4 rings (SSSR count). The molecule has 0 unspecified atom stereocenters. The first-order valence-electron chi connectivity index (χ1n) is 11.3. The van der Waals surface area contributed by atoms with Gasteiger partial charge < -0.3 is 10.2 Å². The molecule has 152 valence electrons. The van der Waals surface area contributed by atoms with Crippen molar-refractivity contribution in [2.45, 2.75) is 84.7 Å². The van der Waals surface area contributed by atoms with E-state index in [1.165, 1.54) is 24.8 Å². The Labute approximate surface area is 164 Å². The number of hydrogen-bond acceptors (Lipinski definition) is 3. The van der Waals surface area contributed by atoms with E-state index >= 15 is 0 Å². The number of carbonyl (C=O) groups is 1. The van der Waals surface area contributed by atoms with Gasteiger partial charge in [0.1, 0.15) is 0 Å². The van der Waals surface area contributed by atoms with Crippen LogP contribution in [0.25, 0.3) is 0 Å². The number of carbonyl (C=O) groups excluding carboxylic acids is 1. The van der Waals surface area contributed by atoms with Crippen LogP contribution >= 0.6 is 0 Å². The molecule has 0 aromatic rings. The molecule has 3 saturated carbocycles. The zero-order valence-corrected chi connectivity index (χ0v) is 17.4. The lowest BCUT2D eigenvalue weighted by Gasteiger charge is -2.57. The van der Waals surface area contributed by atoms with Crippen LogP contribution in [0.4, 0.5) is 0 Å². The lowest BCUT2D eigenvalue weighted by atomic mass is 9.46. The Bertz CT molecular complexity index is 625. The van der Waals surface area contributed by atoms with Crippen molar-refractivity contribution in [3.8, 4) is 0 Å². The van der Waals surface area contributed by atoms with E-state index in [1.807, 2.05) is 6.08 Å². The maximum atomic E-state index is 13.3. The zero-order valence-electron chi connectivity index (χ0n) is 17.4. The van der Waals surface area contributed by atoms with E-state index in [1.54, 1.807) is 0 Å². The number of allylic oxidation sites excluding steroid dienone is 1. The van der Waals surface area contributed by atoms with Gasteiger partial charge in [0, 0.05) is 12.5 Å². The molecule has 8 atom stereocenters. The predicted molar refractivity (Wildman–Crippen MR) is 107 cm³/mol. The average molecular weight is 375 g/mol. The Kier molecular flexibility index (Phi) is 5.08. The molecule has 0 heterocycles. The third kappa shape index (κ3) is 2.95. The summed E-state index contributed by atoms with van der Waals surface area (Å²) in [5.41, 5.74) is 1.64. The molecule has 0 amide bonds. The number of hydrogen-bond donors (Lipinski definition) is 2. The summed E-state index contributed by atoms with van der Waals surface area (Å²) < 4.78 is 0. The van der Waals surface area contributed by atoms with Crippen molar-refractivity contribution in [3.63, 3.8) is 0 Å². The van der Waals surface area contributed by atoms with E-state index < -0.39 is 0 Å². The normalized spacial score (nSPS) is 47.7. The van der Waals surface area contributed by atoms with Gasteiger partial charge in [-0.25, -0.2) is 0 Å². The van der Waals surface area contributed by atoms with Gasteiger partial charge in [0.25, 0.3) is 0 Å². The Morgan fingerprint density at radius 3 is 2.67 bits per heavy atom. The van der Waals surface area contributed by atoms with Gasteiger partial charge in [-0.15, -0.1) is 0 Å². The molecule has 27 heavy (non-hydrogen) atoms. The predicted octanol–water partition coefficient (Wildman–Crippen LogP) is 4.51. The van der Waals surface area contributed by atoms with Crippen LogP contribution < -0.4 is 0 Å². The van der Waals surface area contributed by atoms with Gasteiger partial charge in [-0.05, 0) is 98.4 Å². The fourth-order valence-corrected chi connectivity index (χ4v) is 7.97. The smallest absolute Gasteiger partial charge is 0.159 e. The van der Waals surface area contributed by atoms with Crippen molar-refractivity contribution in [1.29, 1.82) is 0 Å². The van der Waals surface area contributed by atoms with Gasteiger partial charge in [-0.2, -0.15) is 0 Å². The fraction of sp³-hybridized carbons (Fsp3) is 0.875. The molecule has 4 aliphatic carbocycles.